The first-order chi connectivity index (χ1) is 20.3. The minimum absolute atomic E-state index is 0.0839. The number of carbonyl (C=O) groups excluding carboxylic acids is 2. The molecule has 1 fully saturated rings. The van der Waals surface area contributed by atoms with E-state index in [9.17, 15) is 26.8 Å². The molecule has 2 heterocycles. The molecule has 0 bridgehead atoms. The fourth-order valence-corrected chi connectivity index (χ4v) is 5.64. The van der Waals surface area contributed by atoms with Crippen molar-refractivity contribution in [2.45, 2.75) is 50.6 Å². The summed E-state index contributed by atoms with van der Waals surface area (Å²) >= 11 is 0. The van der Waals surface area contributed by atoms with Crippen molar-refractivity contribution in [1.29, 1.82) is 0 Å². The van der Waals surface area contributed by atoms with Gasteiger partial charge in [0.15, 0.2) is 9.84 Å². The van der Waals surface area contributed by atoms with Crippen molar-refractivity contribution in [1.82, 2.24) is 14.8 Å². The highest BCUT2D eigenvalue weighted by molar-refractivity contribution is 7.90. The largest absolute Gasteiger partial charge is 0.439 e. The van der Waals surface area contributed by atoms with Gasteiger partial charge in [0.25, 0.3) is 5.91 Å². The molecule has 0 aliphatic carbocycles. The monoisotopic (exact) mass is 615 g/mol. The molecule has 1 saturated heterocycles. The molecule has 230 valence electrons. The Morgan fingerprint density at radius 1 is 1.09 bits per heavy atom. The van der Waals surface area contributed by atoms with Crippen molar-refractivity contribution < 1.29 is 31.5 Å². The number of benzene rings is 2. The second-order valence-corrected chi connectivity index (χ2v) is 12.6. The Bertz CT molecular complexity index is 1590. The van der Waals surface area contributed by atoms with E-state index < -0.39 is 39.0 Å². The van der Waals surface area contributed by atoms with Gasteiger partial charge in [0.05, 0.1) is 16.1 Å². The Morgan fingerprint density at radius 2 is 1.77 bits per heavy atom. The maximum absolute atomic E-state index is 14.4. The average Bonchev–Trinajstić information content (AvgIpc) is 2.94. The van der Waals surface area contributed by atoms with Crippen LogP contribution in [0.3, 0.4) is 0 Å². The molecule has 1 aliphatic heterocycles. The van der Waals surface area contributed by atoms with Crippen LogP contribution in [0.4, 0.5) is 19.3 Å². The third-order valence-corrected chi connectivity index (χ3v) is 8.45. The van der Waals surface area contributed by atoms with Gasteiger partial charge in [-0.15, -0.1) is 0 Å². The van der Waals surface area contributed by atoms with Crippen molar-refractivity contribution in [2.75, 3.05) is 31.2 Å². The summed E-state index contributed by atoms with van der Waals surface area (Å²) in [4.78, 5) is 33.3. The number of sulfone groups is 1. The van der Waals surface area contributed by atoms with E-state index in [2.05, 4.69) is 15.2 Å². The Balaban J connectivity index is 1.35. The van der Waals surface area contributed by atoms with Crippen molar-refractivity contribution >= 4 is 27.5 Å². The molecule has 1 aliphatic rings. The number of likely N-dealkylation sites (tertiary alicyclic amines) is 1. The number of rotatable bonds is 10. The molecule has 3 aromatic rings. The van der Waals surface area contributed by atoms with Gasteiger partial charge in [-0.1, -0.05) is 13.0 Å². The Labute approximate surface area is 249 Å². The second-order valence-electron chi connectivity index (χ2n) is 10.5. The van der Waals surface area contributed by atoms with Gasteiger partial charge in [-0.2, -0.15) is 0 Å². The number of urea groups is 1. The SMILES string of the molecule is CCCN(C(=O)Nc1cc(C(N)=O)c(F)cc1F)C1CCN(Cc2ccc(Oc3ccc(S(C)(=O)=O)cc3)nc2C)CC1. The molecule has 4 rings (SSSR count). The number of amides is 3. The summed E-state index contributed by atoms with van der Waals surface area (Å²) in [6.45, 7) is 6.38. The van der Waals surface area contributed by atoms with Crippen LogP contribution in [0.5, 0.6) is 11.6 Å². The summed E-state index contributed by atoms with van der Waals surface area (Å²) < 4.78 is 57.4. The van der Waals surface area contributed by atoms with Gasteiger partial charge in [0, 0.05) is 56.3 Å². The molecule has 0 spiro atoms. The highest BCUT2D eigenvalue weighted by atomic mass is 32.2. The zero-order valence-corrected chi connectivity index (χ0v) is 25.1. The zero-order valence-electron chi connectivity index (χ0n) is 24.3. The number of aromatic nitrogens is 1. The molecular formula is C30H35F2N5O5S. The number of hydrogen-bond donors (Lipinski definition) is 2. The summed E-state index contributed by atoms with van der Waals surface area (Å²) in [5.41, 5.74) is 6.19. The number of nitrogens with two attached hydrogens (primary N) is 1. The number of hydrogen-bond acceptors (Lipinski definition) is 7. The molecule has 3 amide bonds. The molecule has 0 unspecified atom stereocenters. The highest BCUT2D eigenvalue weighted by Crippen LogP contribution is 2.26. The number of aryl methyl sites for hydroxylation is 1. The summed E-state index contributed by atoms with van der Waals surface area (Å²) in [7, 11) is -3.29. The average molecular weight is 616 g/mol. The van der Waals surface area contributed by atoms with Crippen LogP contribution >= 0.6 is 0 Å². The van der Waals surface area contributed by atoms with Crippen LogP contribution < -0.4 is 15.8 Å². The van der Waals surface area contributed by atoms with E-state index in [1.165, 1.54) is 12.1 Å². The van der Waals surface area contributed by atoms with Gasteiger partial charge in [0.1, 0.15) is 17.4 Å². The van der Waals surface area contributed by atoms with E-state index in [-0.39, 0.29) is 16.6 Å². The lowest BCUT2D eigenvalue weighted by Crippen LogP contribution is -2.49. The number of pyridine rings is 1. The lowest BCUT2D eigenvalue weighted by Gasteiger charge is -2.38. The van der Waals surface area contributed by atoms with E-state index in [4.69, 9.17) is 10.5 Å². The van der Waals surface area contributed by atoms with Crippen molar-refractivity contribution in [3.8, 4) is 11.6 Å². The van der Waals surface area contributed by atoms with Crippen LogP contribution in [-0.2, 0) is 16.4 Å². The fourth-order valence-electron chi connectivity index (χ4n) is 5.01. The molecule has 10 nitrogen and oxygen atoms in total. The highest BCUT2D eigenvalue weighted by Gasteiger charge is 2.28. The van der Waals surface area contributed by atoms with Gasteiger partial charge in [-0.3, -0.25) is 9.69 Å². The minimum atomic E-state index is -3.29. The number of anilines is 1. The third kappa shape index (κ3) is 8.05. The molecule has 0 radical (unpaired) electrons. The van der Waals surface area contributed by atoms with E-state index >= 15 is 0 Å². The predicted molar refractivity (Wildman–Crippen MR) is 158 cm³/mol. The topological polar surface area (TPSA) is 135 Å². The van der Waals surface area contributed by atoms with Crippen molar-refractivity contribution in [3.05, 3.63) is 77.0 Å². The van der Waals surface area contributed by atoms with Crippen LogP contribution in [-0.4, -0.2) is 67.1 Å². The summed E-state index contributed by atoms with van der Waals surface area (Å²) in [6, 6.07) is 10.7. The summed E-state index contributed by atoms with van der Waals surface area (Å²) in [5.74, 6) is -2.26. The first-order valence-corrected chi connectivity index (χ1v) is 15.8. The van der Waals surface area contributed by atoms with Crippen LogP contribution in [0.2, 0.25) is 0 Å². The Hall–Kier alpha value is -4.10. The predicted octanol–water partition coefficient (Wildman–Crippen LogP) is 4.87. The Kier molecular flexibility index (Phi) is 9.97. The summed E-state index contributed by atoms with van der Waals surface area (Å²) in [5, 5.41) is 2.48. The second kappa shape index (κ2) is 13.5. The van der Waals surface area contributed by atoms with Crippen LogP contribution in [0.1, 0.15) is 47.8 Å². The van der Waals surface area contributed by atoms with Crippen molar-refractivity contribution in [2.24, 2.45) is 5.73 Å². The van der Waals surface area contributed by atoms with Gasteiger partial charge in [-0.25, -0.2) is 27.0 Å². The van der Waals surface area contributed by atoms with E-state index in [1.54, 1.807) is 23.1 Å². The maximum Gasteiger partial charge on any atom is 0.322 e. The molecule has 0 saturated carbocycles. The molecule has 3 N–H and O–H groups in total. The number of nitrogens with zero attached hydrogens (tertiary/aromatic N) is 3. The van der Waals surface area contributed by atoms with Crippen LogP contribution in [0.15, 0.2) is 53.4 Å². The number of nitrogens with one attached hydrogen (secondary N) is 1. The molecule has 13 heteroatoms. The smallest absolute Gasteiger partial charge is 0.322 e. The molecular weight excluding hydrogens is 580 g/mol. The van der Waals surface area contributed by atoms with Gasteiger partial charge in [-0.05, 0) is 62.1 Å². The van der Waals surface area contributed by atoms with Crippen LogP contribution in [0, 0.1) is 18.6 Å². The van der Waals surface area contributed by atoms with E-state index in [0.717, 1.165) is 36.7 Å². The number of halogens is 2. The zero-order chi connectivity index (χ0) is 31.3. The lowest BCUT2D eigenvalue weighted by atomic mass is 10.0. The van der Waals surface area contributed by atoms with Gasteiger partial charge in [0.2, 0.25) is 5.88 Å². The quantitative estimate of drug-likeness (QED) is 0.332. The summed E-state index contributed by atoms with van der Waals surface area (Å²) in [6.07, 6.45) is 3.23. The number of carbonyl (C=O) groups is 2. The molecule has 1 aromatic heterocycles. The number of piperidine rings is 1. The first-order valence-electron chi connectivity index (χ1n) is 13.9. The minimum Gasteiger partial charge on any atom is -0.439 e. The first kappa shape index (κ1) is 31.8. The lowest BCUT2D eigenvalue weighted by molar-refractivity contribution is 0.0996. The molecule has 0 atom stereocenters. The molecule has 2 aromatic carbocycles. The maximum atomic E-state index is 14.4. The van der Waals surface area contributed by atoms with Crippen LogP contribution in [0.25, 0.3) is 0 Å². The number of ether oxygens (including phenoxy) is 1. The van der Waals surface area contributed by atoms with Gasteiger partial charge < -0.3 is 20.7 Å². The van der Waals surface area contributed by atoms with Crippen molar-refractivity contribution in [3.63, 3.8) is 0 Å². The fraction of sp³-hybridized carbons (Fsp3) is 0.367. The van der Waals surface area contributed by atoms with Gasteiger partial charge >= 0.3 is 6.03 Å². The van der Waals surface area contributed by atoms with E-state index in [0.29, 0.717) is 50.0 Å². The Morgan fingerprint density at radius 3 is 2.35 bits per heavy atom. The van der Waals surface area contributed by atoms with E-state index in [1.807, 2.05) is 19.9 Å². The number of primary amides is 1. The molecule has 43 heavy (non-hydrogen) atoms. The normalized spacial score (nSPS) is 14.3. The third-order valence-electron chi connectivity index (χ3n) is 7.33. The standard InChI is InChI=1S/C30H35F2N5O5S/c1-4-13-37(30(39)35-27-16-24(29(33)38)25(31)17-26(27)32)21-11-14-36(15-12-21)18-20-5-10-28(34-19(20)2)42-22-6-8-23(9-7-22)43(3,40)41/h5-10,16-17,21H,4,11-15,18H2,1-3H3,(H2,33,38)(H,35,39).